The number of nitrogens with zero attached hydrogens (tertiary/aromatic N) is 1. The number of rotatable bonds is 3. The summed E-state index contributed by atoms with van der Waals surface area (Å²) in [7, 11) is 0. The maximum atomic E-state index is 7.05. The van der Waals surface area contributed by atoms with E-state index in [2.05, 4.69) is 163 Å². The molecule has 10 rings (SSSR count). The van der Waals surface area contributed by atoms with Gasteiger partial charge in [0.25, 0.3) is 0 Å². The Labute approximate surface area is 294 Å². The Balaban J connectivity index is 0.00000165. The van der Waals surface area contributed by atoms with Gasteiger partial charge in [0.05, 0.1) is 16.8 Å². The summed E-state index contributed by atoms with van der Waals surface area (Å²) in [5, 5.41) is 5.14. The number of benzene rings is 7. The Bertz CT molecular complexity index is 2500. The molecule has 0 amide bonds. The second-order valence-corrected chi connectivity index (χ2v) is 13.3. The van der Waals surface area contributed by atoms with Crippen LogP contribution < -0.4 is 10.6 Å². The molecule has 3 aliphatic rings. The van der Waals surface area contributed by atoms with E-state index >= 15 is 0 Å². The fraction of sp³-hybridized carbons (Fsp3) is 0.125. The smallest absolute Gasteiger partial charge is 0.0718 e. The van der Waals surface area contributed by atoms with E-state index in [1.807, 2.05) is 13.8 Å². The maximum absolute atomic E-state index is 7.05. The summed E-state index contributed by atoms with van der Waals surface area (Å²) in [6.07, 6.45) is 6.80. The fourth-order valence-corrected chi connectivity index (χ4v) is 9.11. The normalized spacial score (nSPS) is 16.9. The molecular formula is C48H40N2. The van der Waals surface area contributed by atoms with Crippen LogP contribution in [0.3, 0.4) is 0 Å². The van der Waals surface area contributed by atoms with Crippen LogP contribution in [0.2, 0.25) is 0 Å². The van der Waals surface area contributed by atoms with E-state index in [9.17, 15) is 0 Å². The molecule has 1 unspecified atom stereocenters. The van der Waals surface area contributed by atoms with Crippen LogP contribution >= 0.6 is 0 Å². The molecule has 0 saturated heterocycles. The molecule has 0 fully saturated rings. The molecule has 1 heterocycles. The van der Waals surface area contributed by atoms with Crippen molar-refractivity contribution in [1.29, 1.82) is 0 Å². The van der Waals surface area contributed by atoms with Gasteiger partial charge in [-0.2, -0.15) is 0 Å². The standard InChI is InChI=1S/C46H34N2.C2H6/c47-42-26-13-25-41-45(42)48(29-30-14-2-1-3-15-30)43-27-11-10-23-39(43)46(41)38-22-9-8-20-36(38)44-35(21-12-24-40(44)46)37-28-31-16-4-5-17-32(31)33-18-6-7-19-34(33)37;1-2/h1-8,10-21,23-28H,9,22,29,47H2;1-2H3. The highest BCUT2D eigenvalue weighted by Gasteiger charge is 2.53. The van der Waals surface area contributed by atoms with Crippen molar-refractivity contribution in [2.45, 2.75) is 38.6 Å². The SMILES string of the molecule is CC.Nc1cccc2c1N(Cc1ccccc1)c1ccccc1C21C2=C(C=CCC2)c2c(-c3cc4ccccc4c4ccccc34)cccc21. The van der Waals surface area contributed by atoms with Gasteiger partial charge in [-0.1, -0.05) is 153 Å². The minimum absolute atomic E-state index is 0.452. The zero-order valence-electron chi connectivity index (χ0n) is 28.7. The zero-order chi connectivity index (χ0) is 33.8. The molecule has 1 atom stereocenters. The lowest BCUT2D eigenvalue weighted by atomic mass is 9.62. The van der Waals surface area contributed by atoms with Gasteiger partial charge in [-0.3, -0.25) is 0 Å². The minimum Gasteiger partial charge on any atom is -0.397 e. The number of nitrogen functional groups attached to an aromatic ring is 1. The number of allylic oxidation sites excluding steroid dienone is 4. The van der Waals surface area contributed by atoms with Gasteiger partial charge in [-0.25, -0.2) is 0 Å². The van der Waals surface area contributed by atoms with E-state index in [4.69, 9.17) is 5.73 Å². The van der Waals surface area contributed by atoms with Gasteiger partial charge in [-0.15, -0.1) is 0 Å². The van der Waals surface area contributed by atoms with Crippen LogP contribution in [-0.4, -0.2) is 0 Å². The predicted octanol–water partition coefficient (Wildman–Crippen LogP) is 12.4. The van der Waals surface area contributed by atoms with E-state index in [0.29, 0.717) is 0 Å². The molecule has 50 heavy (non-hydrogen) atoms. The lowest BCUT2D eigenvalue weighted by molar-refractivity contribution is 0.678. The number of fused-ring (bicyclic) bond motifs is 11. The Hall–Kier alpha value is -5.86. The number of para-hydroxylation sites is 2. The Morgan fingerprint density at radius 2 is 1.30 bits per heavy atom. The Morgan fingerprint density at radius 1 is 0.620 bits per heavy atom. The second-order valence-electron chi connectivity index (χ2n) is 13.3. The first-order valence-corrected chi connectivity index (χ1v) is 18.0. The molecule has 0 bridgehead atoms. The van der Waals surface area contributed by atoms with Crippen molar-refractivity contribution >= 4 is 44.2 Å². The molecule has 242 valence electrons. The average Bonchev–Trinajstić information content (AvgIpc) is 3.48. The van der Waals surface area contributed by atoms with Gasteiger partial charge >= 0.3 is 0 Å². The number of hydrogen-bond acceptors (Lipinski definition) is 2. The molecule has 2 heteroatoms. The van der Waals surface area contributed by atoms with E-state index in [-0.39, 0.29) is 0 Å². The van der Waals surface area contributed by atoms with E-state index in [1.165, 1.54) is 77.3 Å². The highest BCUT2D eigenvalue weighted by molar-refractivity contribution is 6.15. The van der Waals surface area contributed by atoms with Crippen LogP contribution in [0, 0.1) is 0 Å². The highest BCUT2D eigenvalue weighted by Crippen LogP contribution is 2.65. The largest absolute Gasteiger partial charge is 0.397 e. The highest BCUT2D eigenvalue weighted by atomic mass is 15.2. The minimum atomic E-state index is -0.452. The molecule has 1 spiro atoms. The van der Waals surface area contributed by atoms with Gasteiger partial charge in [0, 0.05) is 12.2 Å². The van der Waals surface area contributed by atoms with Crippen LogP contribution in [0.1, 0.15) is 54.5 Å². The average molecular weight is 645 g/mol. The molecule has 2 nitrogen and oxygen atoms in total. The van der Waals surface area contributed by atoms with Gasteiger partial charge in [0.2, 0.25) is 0 Å². The van der Waals surface area contributed by atoms with Crippen molar-refractivity contribution < 1.29 is 0 Å². The van der Waals surface area contributed by atoms with Crippen molar-refractivity contribution in [3.63, 3.8) is 0 Å². The summed E-state index contributed by atoms with van der Waals surface area (Å²) in [5.41, 5.74) is 21.8. The van der Waals surface area contributed by atoms with Crippen LogP contribution in [0.4, 0.5) is 17.1 Å². The maximum Gasteiger partial charge on any atom is 0.0718 e. The van der Waals surface area contributed by atoms with Crippen molar-refractivity contribution in [2.24, 2.45) is 0 Å². The van der Waals surface area contributed by atoms with E-state index in [1.54, 1.807) is 0 Å². The number of hydrogen-bond donors (Lipinski definition) is 1. The molecule has 2 N–H and O–H groups in total. The zero-order valence-corrected chi connectivity index (χ0v) is 28.7. The monoisotopic (exact) mass is 644 g/mol. The van der Waals surface area contributed by atoms with Crippen LogP contribution in [0.5, 0.6) is 0 Å². The van der Waals surface area contributed by atoms with Crippen molar-refractivity contribution in [3.8, 4) is 11.1 Å². The lowest BCUT2D eigenvalue weighted by Crippen LogP contribution is -2.38. The predicted molar refractivity (Wildman–Crippen MR) is 213 cm³/mol. The molecule has 2 aliphatic carbocycles. The van der Waals surface area contributed by atoms with Gasteiger partial charge in [0.15, 0.2) is 0 Å². The molecule has 7 aromatic carbocycles. The van der Waals surface area contributed by atoms with Crippen molar-refractivity contribution in [2.75, 3.05) is 10.6 Å². The quantitative estimate of drug-likeness (QED) is 0.153. The Morgan fingerprint density at radius 3 is 2.16 bits per heavy atom. The molecule has 1 aliphatic heterocycles. The topological polar surface area (TPSA) is 29.3 Å². The van der Waals surface area contributed by atoms with Gasteiger partial charge < -0.3 is 10.6 Å². The third-order valence-electron chi connectivity index (χ3n) is 10.9. The molecule has 0 aromatic heterocycles. The summed E-state index contributed by atoms with van der Waals surface area (Å²) in [6, 6.07) is 53.5. The van der Waals surface area contributed by atoms with Gasteiger partial charge in [0.1, 0.15) is 0 Å². The first kappa shape index (κ1) is 30.2. The first-order valence-electron chi connectivity index (χ1n) is 18.0. The molecular weight excluding hydrogens is 605 g/mol. The summed E-state index contributed by atoms with van der Waals surface area (Å²) in [5.74, 6) is 0. The number of anilines is 3. The lowest BCUT2D eigenvalue weighted by Gasteiger charge is -2.46. The third kappa shape index (κ3) is 4.21. The summed E-state index contributed by atoms with van der Waals surface area (Å²) in [4.78, 5) is 2.46. The fourth-order valence-electron chi connectivity index (χ4n) is 9.11. The van der Waals surface area contributed by atoms with Crippen LogP contribution in [0.25, 0.3) is 38.2 Å². The molecule has 7 aromatic rings. The summed E-state index contributed by atoms with van der Waals surface area (Å²) >= 11 is 0. The van der Waals surface area contributed by atoms with E-state index in [0.717, 1.165) is 30.8 Å². The summed E-state index contributed by atoms with van der Waals surface area (Å²) < 4.78 is 0. The summed E-state index contributed by atoms with van der Waals surface area (Å²) in [6.45, 7) is 4.75. The van der Waals surface area contributed by atoms with Crippen LogP contribution in [-0.2, 0) is 12.0 Å². The van der Waals surface area contributed by atoms with Crippen molar-refractivity contribution in [3.05, 3.63) is 191 Å². The van der Waals surface area contributed by atoms with Crippen LogP contribution in [0.15, 0.2) is 163 Å². The van der Waals surface area contributed by atoms with Crippen molar-refractivity contribution in [1.82, 2.24) is 0 Å². The molecule has 0 radical (unpaired) electrons. The second kappa shape index (κ2) is 11.9. The first-order chi connectivity index (χ1) is 24.7. The third-order valence-corrected chi connectivity index (χ3v) is 10.9. The number of nitrogens with two attached hydrogens (primary N) is 1. The van der Waals surface area contributed by atoms with E-state index < -0.39 is 5.41 Å². The molecule has 0 saturated carbocycles. The Kier molecular flexibility index (Phi) is 7.21. The van der Waals surface area contributed by atoms with Gasteiger partial charge in [-0.05, 0) is 103 Å².